The minimum atomic E-state index is -0.298. The number of hydrogen-bond acceptors (Lipinski definition) is 2. The van der Waals surface area contributed by atoms with Crippen molar-refractivity contribution in [3.05, 3.63) is 53.6 Å². The summed E-state index contributed by atoms with van der Waals surface area (Å²) in [4.78, 5) is 11.2. The van der Waals surface area contributed by atoms with E-state index < -0.39 is 0 Å². The molecule has 20 heavy (non-hydrogen) atoms. The summed E-state index contributed by atoms with van der Waals surface area (Å²) in [5.41, 5.74) is 2.58. The molecule has 0 N–H and O–H groups in total. The van der Waals surface area contributed by atoms with Crippen LogP contribution in [0, 0.1) is 0 Å². The van der Waals surface area contributed by atoms with Crippen molar-refractivity contribution in [2.45, 2.75) is 39.5 Å². The third kappa shape index (κ3) is 6.37. The standard InChI is InChI=1S/C18H24O2/c1-3-5-6-11-16-12-7-8-13-17(16)14-9-10-15-18(19)20-4-2/h7-10,12-15H,3-6,11H2,1-2H3. The zero-order valence-corrected chi connectivity index (χ0v) is 12.5. The summed E-state index contributed by atoms with van der Waals surface area (Å²) in [6.07, 6.45) is 11.9. The largest absolute Gasteiger partial charge is 0.463 e. The topological polar surface area (TPSA) is 26.3 Å². The van der Waals surface area contributed by atoms with Crippen molar-refractivity contribution in [2.24, 2.45) is 0 Å². The van der Waals surface area contributed by atoms with Crippen molar-refractivity contribution >= 4 is 12.0 Å². The zero-order chi connectivity index (χ0) is 14.6. The molecule has 0 saturated carbocycles. The molecule has 0 fully saturated rings. The molecule has 0 aromatic heterocycles. The van der Waals surface area contributed by atoms with Gasteiger partial charge >= 0.3 is 5.97 Å². The van der Waals surface area contributed by atoms with Crippen molar-refractivity contribution < 1.29 is 9.53 Å². The highest BCUT2D eigenvalue weighted by molar-refractivity contribution is 5.82. The monoisotopic (exact) mass is 272 g/mol. The molecule has 0 bridgehead atoms. The van der Waals surface area contributed by atoms with E-state index in [0.29, 0.717) is 6.61 Å². The second-order valence-corrected chi connectivity index (χ2v) is 4.63. The SMILES string of the molecule is CCCCCc1ccccc1C=CC=CC(=O)OCC. The lowest BCUT2D eigenvalue weighted by atomic mass is 10.0. The predicted molar refractivity (Wildman–Crippen MR) is 84.5 cm³/mol. The van der Waals surface area contributed by atoms with E-state index in [1.165, 1.54) is 36.5 Å². The molecular weight excluding hydrogens is 248 g/mol. The molecule has 0 amide bonds. The summed E-state index contributed by atoms with van der Waals surface area (Å²) >= 11 is 0. The minimum absolute atomic E-state index is 0.298. The smallest absolute Gasteiger partial charge is 0.330 e. The number of carbonyl (C=O) groups excluding carboxylic acids is 1. The van der Waals surface area contributed by atoms with Crippen LogP contribution in [0.25, 0.3) is 6.08 Å². The van der Waals surface area contributed by atoms with Gasteiger partial charge in [0.1, 0.15) is 0 Å². The fraction of sp³-hybridized carbons (Fsp3) is 0.389. The second-order valence-electron chi connectivity index (χ2n) is 4.63. The van der Waals surface area contributed by atoms with E-state index in [0.717, 1.165) is 6.42 Å². The highest BCUT2D eigenvalue weighted by Gasteiger charge is 1.98. The molecule has 0 heterocycles. The maximum Gasteiger partial charge on any atom is 0.330 e. The van der Waals surface area contributed by atoms with Crippen LogP contribution in [0.1, 0.15) is 44.2 Å². The molecule has 0 unspecified atom stereocenters. The second kappa shape index (κ2) is 10.0. The van der Waals surface area contributed by atoms with Crippen LogP contribution in [0.3, 0.4) is 0 Å². The van der Waals surface area contributed by atoms with E-state index in [1.54, 1.807) is 13.0 Å². The zero-order valence-electron chi connectivity index (χ0n) is 12.5. The quantitative estimate of drug-likeness (QED) is 0.300. The van der Waals surface area contributed by atoms with Crippen LogP contribution < -0.4 is 0 Å². The Kier molecular flexibility index (Phi) is 8.13. The van der Waals surface area contributed by atoms with Gasteiger partial charge in [-0.05, 0) is 30.9 Å². The summed E-state index contributed by atoms with van der Waals surface area (Å²) in [5.74, 6) is -0.298. The van der Waals surface area contributed by atoms with Gasteiger partial charge in [0.15, 0.2) is 0 Å². The van der Waals surface area contributed by atoms with Crippen molar-refractivity contribution in [2.75, 3.05) is 6.61 Å². The number of hydrogen-bond donors (Lipinski definition) is 0. The lowest BCUT2D eigenvalue weighted by molar-refractivity contribution is -0.137. The average molecular weight is 272 g/mol. The predicted octanol–water partition coefficient (Wildman–Crippen LogP) is 4.55. The lowest BCUT2D eigenvalue weighted by Gasteiger charge is -2.05. The first-order valence-electron chi connectivity index (χ1n) is 7.37. The molecule has 0 aliphatic carbocycles. The molecule has 0 atom stereocenters. The summed E-state index contributed by atoms with van der Waals surface area (Å²) < 4.78 is 4.82. The molecule has 0 radical (unpaired) electrons. The normalized spacial score (nSPS) is 11.3. The maximum atomic E-state index is 11.2. The summed E-state index contributed by atoms with van der Waals surface area (Å²) in [6.45, 7) is 4.42. The molecule has 1 aromatic rings. The van der Waals surface area contributed by atoms with Crippen LogP contribution >= 0.6 is 0 Å². The van der Waals surface area contributed by atoms with Crippen LogP contribution in [0.5, 0.6) is 0 Å². The number of carbonyl (C=O) groups is 1. The molecular formula is C18H24O2. The first-order valence-corrected chi connectivity index (χ1v) is 7.37. The molecule has 0 aliphatic rings. The van der Waals surface area contributed by atoms with Crippen LogP contribution in [0.4, 0.5) is 0 Å². The third-order valence-electron chi connectivity index (χ3n) is 3.01. The van der Waals surface area contributed by atoms with Crippen molar-refractivity contribution in [1.29, 1.82) is 0 Å². The van der Waals surface area contributed by atoms with E-state index in [1.807, 2.05) is 18.2 Å². The molecule has 1 rings (SSSR count). The van der Waals surface area contributed by atoms with E-state index in [9.17, 15) is 4.79 Å². The van der Waals surface area contributed by atoms with Crippen LogP contribution in [-0.2, 0) is 16.0 Å². The number of aryl methyl sites for hydroxylation is 1. The van der Waals surface area contributed by atoms with Gasteiger partial charge in [0.05, 0.1) is 6.61 Å². The number of benzene rings is 1. The van der Waals surface area contributed by atoms with Gasteiger partial charge < -0.3 is 4.74 Å². The van der Waals surface area contributed by atoms with Gasteiger partial charge in [-0.3, -0.25) is 0 Å². The summed E-state index contributed by atoms with van der Waals surface area (Å²) in [7, 11) is 0. The fourth-order valence-electron chi connectivity index (χ4n) is 1.97. The van der Waals surface area contributed by atoms with Crippen LogP contribution in [-0.4, -0.2) is 12.6 Å². The number of ether oxygens (including phenoxy) is 1. The number of unbranched alkanes of at least 4 members (excludes halogenated alkanes) is 2. The van der Waals surface area contributed by atoms with Crippen LogP contribution in [0.2, 0.25) is 0 Å². The number of rotatable bonds is 8. The lowest BCUT2D eigenvalue weighted by Crippen LogP contribution is -1.98. The highest BCUT2D eigenvalue weighted by atomic mass is 16.5. The first kappa shape index (κ1) is 16.2. The Morgan fingerprint density at radius 1 is 1.15 bits per heavy atom. The average Bonchev–Trinajstić information content (AvgIpc) is 2.45. The Bertz CT molecular complexity index is 458. The van der Waals surface area contributed by atoms with Crippen LogP contribution in [0.15, 0.2) is 42.5 Å². The molecule has 0 spiro atoms. The first-order chi connectivity index (χ1) is 9.77. The van der Waals surface area contributed by atoms with Gasteiger partial charge in [-0.2, -0.15) is 0 Å². The van der Waals surface area contributed by atoms with Gasteiger partial charge in [-0.1, -0.05) is 62.3 Å². The van der Waals surface area contributed by atoms with E-state index in [2.05, 4.69) is 25.1 Å². The number of allylic oxidation sites excluding steroid dienone is 2. The Morgan fingerprint density at radius 3 is 2.70 bits per heavy atom. The van der Waals surface area contributed by atoms with Crippen molar-refractivity contribution in [3.8, 4) is 0 Å². The van der Waals surface area contributed by atoms with Gasteiger partial charge in [0.25, 0.3) is 0 Å². The fourth-order valence-corrected chi connectivity index (χ4v) is 1.97. The summed E-state index contributed by atoms with van der Waals surface area (Å²) in [5, 5.41) is 0. The molecule has 0 saturated heterocycles. The minimum Gasteiger partial charge on any atom is -0.463 e. The molecule has 0 aliphatic heterocycles. The van der Waals surface area contributed by atoms with Crippen molar-refractivity contribution in [3.63, 3.8) is 0 Å². The third-order valence-corrected chi connectivity index (χ3v) is 3.01. The maximum absolute atomic E-state index is 11.2. The van der Waals surface area contributed by atoms with E-state index in [-0.39, 0.29) is 5.97 Å². The Morgan fingerprint density at radius 2 is 1.95 bits per heavy atom. The van der Waals surface area contributed by atoms with E-state index in [4.69, 9.17) is 4.74 Å². The molecule has 108 valence electrons. The highest BCUT2D eigenvalue weighted by Crippen LogP contribution is 2.14. The Labute approximate surface area is 122 Å². The van der Waals surface area contributed by atoms with Gasteiger partial charge in [-0.25, -0.2) is 4.79 Å². The molecule has 2 nitrogen and oxygen atoms in total. The van der Waals surface area contributed by atoms with Gasteiger partial charge in [0.2, 0.25) is 0 Å². The van der Waals surface area contributed by atoms with Gasteiger partial charge in [0, 0.05) is 6.08 Å². The number of esters is 1. The summed E-state index contributed by atoms with van der Waals surface area (Å²) in [6, 6.07) is 8.39. The Hall–Kier alpha value is -1.83. The van der Waals surface area contributed by atoms with E-state index >= 15 is 0 Å². The Balaban J connectivity index is 2.60. The molecule has 1 aromatic carbocycles. The van der Waals surface area contributed by atoms with Gasteiger partial charge in [-0.15, -0.1) is 0 Å². The van der Waals surface area contributed by atoms with Crippen molar-refractivity contribution in [1.82, 2.24) is 0 Å². The molecule has 2 heteroatoms.